The maximum atomic E-state index is 11.9. The molecule has 0 spiro atoms. The van der Waals surface area contributed by atoms with Gasteiger partial charge in [0.1, 0.15) is 6.10 Å². The zero-order valence-electron chi connectivity index (χ0n) is 16.2. The number of fused-ring (bicyclic) bond motifs is 3. The Morgan fingerprint density at radius 1 is 1.33 bits per heavy atom. The Kier molecular flexibility index (Phi) is 4.17. The van der Waals surface area contributed by atoms with Gasteiger partial charge in [-0.15, -0.1) is 0 Å². The second-order valence-corrected chi connectivity index (χ2v) is 7.28. The van der Waals surface area contributed by atoms with Crippen molar-refractivity contribution in [3.8, 4) is 5.75 Å². The van der Waals surface area contributed by atoms with Crippen LogP contribution in [-0.2, 0) is 12.8 Å². The van der Waals surface area contributed by atoms with Gasteiger partial charge in [-0.25, -0.2) is 9.78 Å². The van der Waals surface area contributed by atoms with Crippen LogP contribution in [0.25, 0.3) is 5.65 Å². The lowest BCUT2D eigenvalue weighted by atomic mass is 9.89. The van der Waals surface area contributed by atoms with Crippen LogP contribution < -0.4 is 4.74 Å². The third kappa shape index (κ3) is 2.69. The number of nitrogens with zero attached hydrogens (tertiary/aromatic N) is 2. The van der Waals surface area contributed by atoms with Crippen LogP contribution in [0.2, 0.25) is 0 Å². The number of aromatic nitrogens is 2. The van der Waals surface area contributed by atoms with Gasteiger partial charge in [-0.1, -0.05) is 25.1 Å². The van der Waals surface area contributed by atoms with Crippen molar-refractivity contribution in [2.75, 3.05) is 0 Å². The van der Waals surface area contributed by atoms with E-state index >= 15 is 0 Å². The Balaban J connectivity index is 1.91. The normalized spacial score (nSPS) is 16.2. The van der Waals surface area contributed by atoms with Gasteiger partial charge in [-0.3, -0.25) is 0 Å². The third-order valence-electron chi connectivity index (χ3n) is 5.71. The van der Waals surface area contributed by atoms with E-state index in [0.717, 1.165) is 29.8 Å². The number of ether oxygens (including phenoxy) is 1. The average molecular weight is 364 g/mol. The highest BCUT2D eigenvalue weighted by Crippen LogP contribution is 2.41. The van der Waals surface area contributed by atoms with Crippen LogP contribution >= 0.6 is 0 Å². The molecule has 0 aliphatic carbocycles. The van der Waals surface area contributed by atoms with Gasteiger partial charge in [0.15, 0.2) is 11.4 Å². The van der Waals surface area contributed by atoms with Gasteiger partial charge in [-0.2, -0.15) is 0 Å². The van der Waals surface area contributed by atoms with E-state index in [2.05, 4.69) is 37.0 Å². The fraction of sp³-hybridized carbons (Fsp3) is 0.364. The van der Waals surface area contributed by atoms with E-state index in [0.29, 0.717) is 23.4 Å². The van der Waals surface area contributed by atoms with Crippen LogP contribution in [0.1, 0.15) is 63.4 Å². The van der Waals surface area contributed by atoms with Gasteiger partial charge < -0.3 is 14.2 Å². The minimum absolute atomic E-state index is 0.0844. The smallest absolute Gasteiger partial charge is 0.337 e. The number of aryl methyl sites for hydroxylation is 4. The van der Waals surface area contributed by atoms with Crippen LogP contribution in [0.4, 0.5) is 0 Å². The largest absolute Gasteiger partial charge is 0.481 e. The number of carboxylic acids is 1. The first-order valence-electron chi connectivity index (χ1n) is 9.41. The lowest BCUT2D eigenvalue weighted by molar-refractivity contribution is 0.0692. The molecule has 1 unspecified atom stereocenters. The number of aromatic carboxylic acids is 1. The Labute approximate surface area is 158 Å². The molecular formula is C22H24N2O3. The summed E-state index contributed by atoms with van der Waals surface area (Å²) in [4.78, 5) is 16.5. The number of benzene rings is 1. The molecule has 0 amide bonds. The maximum Gasteiger partial charge on any atom is 0.337 e. The van der Waals surface area contributed by atoms with Crippen LogP contribution in [-0.4, -0.2) is 20.5 Å². The topological polar surface area (TPSA) is 63.8 Å². The number of hydrogen-bond acceptors (Lipinski definition) is 3. The summed E-state index contributed by atoms with van der Waals surface area (Å²) in [5, 5.41) is 9.72. The average Bonchev–Trinajstić information content (AvgIpc) is 2.95. The van der Waals surface area contributed by atoms with Crippen molar-refractivity contribution in [1.82, 2.24) is 9.38 Å². The quantitative estimate of drug-likeness (QED) is 0.738. The van der Waals surface area contributed by atoms with Gasteiger partial charge in [0.25, 0.3) is 0 Å². The maximum absolute atomic E-state index is 11.9. The van der Waals surface area contributed by atoms with E-state index < -0.39 is 5.97 Å². The molecule has 0 saturated carbocycles. The molecule has 0 radical (unpaired) electrons. The number of rotatable bonds is 3. The Hall–Kier alpha value is -2.82. The van der Waals surface area contributed by atoms with Crippen LogP contribution in [0.3, 0.4) is 0 Å². The predicted octanol–water partition coefficient (Wildman–Crippen LogP) is 4.59. The second-order valence-electron chi connectivity index (χ2n) is 7.28. The molecule has 1 aliphatic rings. The SMILES string of the molecule is CCc1cccc(C)c1C1CCc2c(C(=O)O)cn3c(C)c(C)nc3c2O1. The monoisotopic (exact) mass is 364 g/mol. The van der Waals surface area contributed by atoms with Crippen molar-refractivity contribution in [2.24, 2.45) is 0 Å². The minimum atomic E-state index is -0.925. The highest BCUT2D eigenvalue weighted by molar-refractivity contribution is 5.91. The van der Waals surface area contributed by atoms with Crippen molar-refractivity contribution in [3.63, 3.8) is 0 Å². The van der Waals surface area contributed by atoms with Crippen molar-refractivity contribution in [2.45, 2.75) is 53.1 Å². The van der Waals surface area contributed by atoms with Crippen molar-refractivity contribution < 1.29 is 14.6 Å². The summed E-state index contributed by atoms with van der Waals surface area (Å²) in [7, 11) is 0. The summed E-state index contributed by atoms with van der Waals surface area (Å²) in [5.74, 6) is -0.307. The molecule has 2 aromatic heterocycles. The number of imidazole rings is 1. The number of carboxylic acid groups (broad SMARTS) is 1. The fourth-order valence-corrected chi connectivity index (χ4v) is 4.16. The zero-order valence-corrected chi connectivity index (χ0v) is 16.2. The lowest BCUT2D eigenvalue weighted by Crippen LogP contribution is -2.21. The molecule has 4 rings (SSSR count). The molecular weight excluding hydrogens is 340 g/mol. The van der Waals surface area contributed by atoms with Gasteiger partial charge in [0.2, 0.25) is 0 Å². The van der Waals surface area contributed by atoms with Gasteiger partial charge in [0, 0.05) is 17.5 Å². The summed E-state index contributed by atoms with van der Waals surface area (Å²) >= 11 is 0. The Morgan fingerprint density at radius 2 is 2.11 bits per heavy atom. The molecule has 1 aliphatic heterocycles. The first-order chi connectivity index (χ1) is 12.9. The molecule has 3 heterocycles. The number of carbonyl (C=O) groups is 1. The predicted molar refractivity (Wildman–Crippen MR) is 104 cm³/mol. The Morgan fingerprint density at radius 3 is 2.81 bits per heavy atom. The molecule has 0 fully saturated rings. The summed E-state index contributed by atoms with van der Waals surface area (Å²) < 4.78 is 8.31. The molecule has 140 valence electrons. The molecule has 0 saturated heterocycles. The zero-order chi connectivity index (χ0) is 19.3. The molecule has 5 nitrogen and oxygen atoms in total. The van der Waals surface area contributed by atoms with E-state index in [1.807, 2.05) is 18.2 Å². The van der Waals surface area contributed by atoms with Gasteiger partial charge in [-0.05, 0) is 56.7 Å². The van der Waals surface area contributed by atoms with Gasteiger partial charge in [0.05, 0.1) is 11.3 Å². The standard InChI is InChI=1S/C22H24N2O3/c1-5-15-8-6-7-12(2)19(15)18-10-9-16-17(22(25)26)11-24-14(4)13(3)23-21(24)20(16)27-18/h6-8,11,18H,5,9-10H2,1-4H3,(H,25,26). The van der Waals surface area contributed by atoms with E-state index in [1.54, 1.807) is 6.20 Å². The third-order valence-corrected chi connectivity index (χ3v) is 5.71. The number of pyridine rings is 1. The Bertz CT molecular complexity index is 1070. The summed E-state index contributed by atoms with van der Waals surface area (Å²) in [6.45, 7) is 8.15. The highest BCUT2D eigenvalue weighted by atomic mass is 16.5. The van der Waals surface area contributed by atoms with E-state index in [-0.39, 0.29) is 6.10 Å². The molecule has 1 aromatic carbocycles. The van der Waals surface area contributed by atoms with Crippen molar-refractivity contribution in [1.29, 1.82) is 0 Å². The number of hydrogen-bond donors (Lipinski definition) is 1. The van der Waals surface area contributed by atoms with E-state index in [4.69, 9.17) is 4.74 Å². The summed E-state index contributed by atoms with van der Waals surface area (Å²) in [6, 6.07) is 6.34. The summed E-state index contributed by atoms with van der Waals surface area (Å²) in [5.41, 5.74) is 7.31. The first kappa shape index (κ1) is 17.6. The first-order valence-corrected chi connectivity index (χ1v) is 9.41. The van der Waals surface area contributed by atoms with E-state index in [9.17, 15) is 9.90 Å². The molecule has 1 atom stereocenters. The molecule has 5 heteroatoms. The minimum Gasteiger partial charge on any atom is -0.481 e. The molecule has 1 N–H and O–H groups in total. The molecule has 0 bridgehead atoms. The van der Waals surface area contributed by atoms with Crippen LogP contribution in [0, 0.1) is 20.8 Å². The molecule has 27 heavy (non-hydrogen) atoms. The molecule has 3 aromatic rings. The van der Waals surface area contributed by atoms with Gasteiger partial charge >= 0.3 is 5.97 Å². The van der Waals surface area contributed by atoms with Crippen LogP contribution in [0.15, 0.2) is 24.4 Å². The van der Waals surface area contributed by atoms with Crippen molar-refractivity contribution >= 4 is 11.6 Å². The second kappa shape index (κ2) is 6.41. The van der Waals surface area contributed by atoms with E-state index in [1.165, 1.54) is 16.7 Å². The van der Waals surface area contributed by atoms with Crippen molar-refractivity contribution in [3.05, 3.63) is 63.6 Å². The van der Waals surface area contributed by atoms with Crippen LogP contribution in [0.5, 0.6) is 5.75 Å². The lowest BCUT2D eigenvalue weighted by Gasteiger charge is -2.30. The highest BCUT2D eigenvalue weighted by Gasteiger charge is 2.31. The fourth-order valence-electron chi connectivity index (χ4n) is 4.16. The summed E-state index contributed by atoms with van der Waals surface area (Å²) in [6.07, 6.45) is 3.97.